The van der Waals surface area contributed by atoms with Gasteiger partial charge >= 0.3 is 30.9 Å². The van der Waals surface area contributed by atoms with Crippen molar-refractivity contribution in [3.63, 3.8) is 0 Å². The molecule has 0 N–H and O–H groups in total. The molecule has 0 spiro atoms. The molecule has 0 bridgehead atoms. The quantitative estimate of drug-likeness (QED) is 0.574. The van der Waals surface area contributed by atoms with E-state index in [1.807, 2.05) is 0 Å². The summed E-state index contributed by atoms with van der Waals surface area (Å²) in [5, 5.41) is 0. The summed E-state index contributed by atoms with van der Waals surface area (Å²) in [4.78, 5) is 0. The molecule has 0 aromatic heterocycles. The molecular weight excluding hydrogens is 271 g/mol. The van der Waals surface area contributed by atoms with Gasteiger partial charge in [0.15, 0.2) is 0 Å². The fraction of sp³-hybridized carbons (Fsp3) is 0. The number of allylic oxidation sites excluding steroid dienone is 1. The Morgan fingerprint density at radius 2 is 1.80 bits per heavy atom. The van der Waals surface area contributed by atoms with Crippen LogP contribution >= 0.6 is 0 Å². The zero-order valence-corrected chi connectivity index (χ0v) is 7.05. The molecule has 0 saturated carbocycles. The van der Waals surface area contributed by atoms with Crippen molar-refractivity contribution >= 4 is 0 Å². The Morgan fingerprint density at radius 3 is 1.80 bits per heavy atom. The minimum absolute atomic E-state index is 1.25. The van der Waals surface area contributed by atoms with Gasteiger partial charge < -0.3 is 19.6 Å². The maximum atomic E-state index is 4.61. The molecule has 0 radical (unpaired) electrons. The topological polar surface area (TPSA) is 0 Å². The normalized spacial score (nSPS) is 3.00. The molecule has 0 aliphatic heterocycles. The summed E-state index contributed by atoms with van der Waals surface area (Å²) in [5.74, 6) is 0. The van der Waals surface area contributed by atoms with E-state index in [0.717, 1.165) is 0 Å². The molecule has 0 aromatic carbocycles. The summed E-state index contributed by atoms with van der Waals surface area (Å²) in [6.07, 6.45) is 1.25. The van der Waals surface area contributed by atoms with Crippen LogP contribution in [0.2, 0.25) is 0 Å². The van der Waals surface area contributed by atoms with Crippen molar-refractivity contribution < 1.29 is 30.9 Å². The Kier molecular flexibility index (Phi) is 38.6. The van der Waals surface area contributed by atoms with Gasteiger partial charge in [0.05, 0.1) is 0 Å². The molecule has 29 valence electrons. The van der Waals surface area contributed by atoms with Crippen LogP contribution in [0.5, 0.6) is 0 Å². The number of rotatable bonds is 0. The fourth-order valence-corrected chi connectivity index (χ4v) is 0. The van der Waals surface area contributed by atoms with Crippen LogP contribution in [0.25, 0.3) is 0 Å². The van der Waals surface area contributed by atoms with Gasteiger partial charge in [-0.2, -0.15) is 0 Å². The molecule has 0 fully saturated rings. The molecule has 0 saturated heterocycles. The van der Waals surface area contributed by atoms with Gasteiger partial charge in [0, 0.05) is 0 Å². The second-order valence-electron chi connectivity index (χ2n) is 0.236. The first kappa shape index (κ1) is 9.30. The van der Waals surface area contributed by atoms with Gasteiger partial charge in [-0.15, -0.1) is 0 Å². The van der Waals surface area contributed by atoms with E-state index in [2.05, 4.69) is 27.6 Å². The van der Waals surface area contributed by atoms with E-state index in [1.165, 1.54) is 22.9 Å². The van der Waals surface area contributed by atoms with E-state index in [1.54, 1.807) is 0 Å². The average molecular weight is 275 g/mol. The third-order valence-corrected chi connectivity index (χ3v) is 0. The molecule has 0 atom stereocenters. The third kappa shape index (κ3) is 52.1. The Hall–Kier alpha value is 0.883. The van der Waals surface area contributed by atoms with Crippen molar-refractivity contribution in [3.8, 4) is 0 Å². The van der Waals surface area contributed by atoms with E-state index >= 15 is 0 Å². The zero-order valence-electron chi connectivity index (χ0n) is 2.72. The van der Waals surface area contributed by atoms with Crippen LogP contribution in [-0.4, -0.2) is 0 Å². The SMILES string of the molecule is [CH-]=C[CH2-].[V]=[W]. The summed E-state index contributed by atoms with van der Waals surface area (Å²) in [5.41, 5.74) is 0. The van der Waals surface area contributed by atoms with Crippen molar-refractivity contribution in [1.82, 2.24) is 0 Å². The van der Waals surface area contributed by atoms with Gasteiger partial charge in [0.2, 0.25) is 0 Å². The van der Waals surface area contributed by atoms with Crippen LogP contribution in [0, 0.1) is 13.5 Å². The van der Waals surface area contributed by atoms with Crippen LogP contribution in [-0.2, 0) is 30.9 Å². The van der Waals surface area contributed by atoms with Gasteiger partial charge in [-0.25, -0.2) is 0 Å². The average Bonchev–Trinajstić information content (AvgIpc) is 1.46. The monoisotopic (exact) mass is 275 g/mol. The van der Waals surface area contributed by atoms with E-state index in [4.69, 9.17) is 0 Å². The predicted octanol–water partition coefficient (Wildman–Crippen LogP) is 0.805. The first-order chi connectivity index (χ1) is 2.41. The fourth-order valence-electron chi connectivity index (χ4n) is 0. The zero-order chi connectivity index (χ0) is 4.71. The van der Waals surface area contributed by atoms with E-state index < -0.39 is 0 Å². The van der Waals surface area contributed by atoms with Crippen molar-refractivity contribution in [2.24, 2.45) is 0 Å². The van der Waals surface area contributed by atoms with Crippen molar-refractivity contribution in [1.29, 1.82) is 0 Å². The Morgan fingerprint density at radius 1 is 1.80 bits per heavy atom. The molecule has 5 heavy (non-hydrogen) atoms. The minimum atomic E-state index is 1.25. The van der Waals surface area contributed by atoms with Crippen molar-refractivity contribution in [3.05, 3.63) is 19.6 Å². The predicted molar refractivity (Wildman–Crippen MR) is 14.2 cm³/mol. The standard InChI is InChI=1S/C3H4.V.W/c1-3-2;;/h1,3H,2H2;;/q-2;;. The van der Waals surface area contributed by atoms with E-state index in [9.17, 15) is 0 Å². The first-order valence-corrected chi connectivity index (χ1v) is 6.90. The molecule has 0 nitrogen and oxygen atoms in total. The Bertz CT molecular complexity index is 20.9. The molecule has 0 aromatic rings. The number of hydrogen-bond donors (Lipinski definition) is 0. The molecule has 0 amide bonds. The number of hydrogen-bond acceptors (Lipinski definition) is 0. The van der Waals surface area contributed by atoms with Crippen LogP contribution in [0.4, 0.5) is 0 Å². The molecule has 0 unspecified atom stereocenters. The van der Waals surface area contributed by atoms with Gasteiger partial charge in [0.25, 0.3) is 0 Å². The summed E-state index contributed by atoms with van der Waals surface area (Å²) < 4.78 is 0. The first-order valence-electron chi connectivity index (χ1n) is 0.924. The molecule has 0 aliphatic carbocycles. The third-order valence-electron chi connectivity index (χ3n) is 0. The van der Waals surface area contributed by atoms with Crippen molar-refractivity contribution in [2.45, 2.75) is 0 Å². The van der Waals surface area contributed by atoms with Crippen LogP contribution in [0.3, 0.4) is 0 Å². The van der Waals surface area contributed by atoms with Gasteiger partial charge in [0.1, 0.15) is 0 Å². The summed E-state index contributed by atoms with van der Waals surface area (Å²) >= 11 is 3.92. The summed E-state index contributed by atoms with van der Waals surface area (Å²) in [7, 11) is 0. The molecule has 0 aliphatic rings. The van der Waals surface area contributed by atoms with Crippen molar-refractivity contribution in [2.75, 3.05) is 0 Å². The Labute approximate surface area is 50.5 Å². The van der Waals surface area contributed by atoms with Gasteiger partial charge in [-0.3, -0.25) is 0 Å². The molecular formula is C3H4VW-2. The van der Waals surface area contributed by atoms with Gasteiger partial charge in [-0.1, -0.05) is 0 Å². The van der Waals surface area contributed by atoms with Crippen LogP contribution in [0.1, 0.15) is 0 Å². The summed E-state index contributed by atoms with van der Waals surface area (Å²) in [6, 6.07) is 0. The van der Waals surface area contributed by atoms with Crippen LogP contribution in [0.15, 0.2) is 6.08 Å². The van der Waals surface area contributed by atoms with E-state index in [-0.39, 0.29) is 0 Å². The second-order valence-corrected chi connectivity index (χ2v) is 0.236. The van der Waals surface area contributed by atoms with E-state index in [0.29, 0.717) is 0 Å². The molecule has 0 rings (SSSR count). The molecule has 2 heteroatoms. The second kappa shape index (κ2) is 20.8. The molecule has 0 heterocycles. The Balaban J connectivity index is 0. The van der Waals surface area contributed by atoms with Gasteiger partial charge in [-0.05, 0) is 0 Å². The van der Waals surface area contributed by atoms with Crippen LogP contribution < -0.4 is 0 Å². The summed E-state index contributed by atoms with van der Waals surface area (Å²) in [6.45, 7) is 7.75. The maximum absolute atomic E-state index is 4.61.